The molecule has 3 aromatic rings. The van der Waals surface area contributed by atoms with Crippen LogP contribution in [0.5, 0.6) is 0 Å². The molecule has 0 saturated carbocycles. The highest BCUT2D eigenvalue weighted by Gasteiger charge is 2.12. The zero-order chi connectivity index (χ0) is 14.3. The molecule has 0 radical (unpaired) electrons. The fourth-order valence-electron chi connectivity index (χ4n) is 2.40. The van der Waals surface area contributed by atoms with Gasteiger partial charge in [-0.25, -0.2) is 0 Å². The van der Waals surface area contributed by atoms with E-state index >= 15 is 0 Å². The highest BCUT2D eigenvalue weighted by molar-refractivity contribution is 5.23. The molecule has 0 aliphatic carbocycles. The molecular weight excluding hydrogens is 260 g/mol. The summed E-state index contributed by atoms with van der Waals surface area (Å²) in [6, 6.07) is 23.2. The first kappa shape index (κ1) is 13.6. The average molecular weight is 278 g/mol. The molecule has 0 amide bonds. The van der Waals surface area contributed by atoms with Crippen molar-refractivity contribution in [1.82, 2.24) is 10.5 Å². The van der Waals surface area contributed by atoms with Crippen LogP contribution in [0.3, 0.4) is 0 Å². The number of benzene rings is 2. The van der Waals surface area contributed by atoms with Crippen molar-refractivity contribution >= 4 is 0 Å². The van der Waals surface area contributed by atoms with E-state index < -0.39 is 0 Å². The minimum Gasteiger partial charge on any atom is -0.364 e. The molecule has 106 valence electrons. The molecule has 0 spiro atoms. The zero-order valence-corrected chi connectivity index (χ0v) is 11.8. The fraction of sp³-hybridized carbons (Fsp3) is 0.167. The maximum Gasteiger partial charge on any atom is 0.124 e. The van der Waals surface area contributed by atoms with Gasteiger partial charge in [-0.3, -0.25) is 0 Å². The molecule has 2 aromatic carbocycles. The summed E-state index contributed by atoms with van der Waals surface area (Å²) in [6.07, 6.45) is 2.55. The van der Waals surface area contributed by atoms with Crippen LogP contribution in [0, 0.1) is 0 Å². The Morgan fingerprint density at radius 1 is 0.905 bits per heavy atom. The Bertz CT molecular complexity index is 636. The van der Waals surface area contributed by atoms with E-state index in [2.05, 4.69) is 59.0 Å². The fourth-order valence-corrected chi connectivity index (χ4v) is 2.40. The van der Waals surface area contributed by atoms with Crippen LogP contribution in [-0.2, 0) is 13.0 Å². The third kappa shape index (κ3) is 3.80. The van der Waals surface area contributed by atoms with Crippen LogP contribution in [0.4, 0.5) is 0 Å². The Morgan fingerprint density at radius 2 is 1.62 bits per heavy atom. The predicted molar refractivity (Wildman–Crippen MR) is 82.7 cm³/mol. The monoisotopic (exact) mass is 278 g/mol. The van der Waals surface area contributed by atoms with Gasteiger partial charge < -0.3 is 9.84 Å². The number of rotatable bonds is 6. The molecule has 3 nitrogen and oxygen atoms in total. The van der Waals surface area contributed by atoms with Gasteiger partial charge in [0.2, 0.25) is 0 Å². The SMILES string of the molecule is c1ccc(CC(NCc2ccon2)c2ccccc2)cc1. The molecule has 0 saturated heterocycles. The van der Waals surface area contributed by atoms with Crippen LogP contribution in [0.2, 0.25) is 0 Å². The Labute approximate surface area is 124 Å². The molecule has 0 aliphatic heterocycles. The van der Waals surface area contributed by atoms with E-state index in [1.807, 2.05) is 18.2 Å². The topological polar surface area (TPSA) is 38.1 Å². The zero-order valence-electron chi connectivity index (χ0n) is 11.8. The highest BCUT2D eigenvalue weighted by Crippen LogP contribution is 2.18. The second-order valence-electron chi connectivity index (χ2n) is 5.02. The molecule has 3 heteroatoms. The first-order chi connectivity index (χ1) is 10.4. The van der Waals surface area contributed by atoms with Gasteiger partial charge in [-0.1, -0.05) is 65.8 Å². The summed E-state index contributed by atoms with van der Waals surface area (Å²) in [7, 11) is 0. The molecule has 3 rings (SSSR count). The number of hydrogen-bond donors (Lipinski definition) is 1. The number of aromatic nitrogens is 1. The van der Waals surface area contributed by atoms with Crippen LogP contribution in [0.25, 0.3) is 0 Å². The van der Waals surface area contributed by atoms with Crippen LogP contribution in [-0.4, -0.2) is 5.16 Å². The Morgan fingerprint density at radius 3 is 2.29 bits per heavy atom. The van der Waals surface area contributed by atoms with E-state index in [1.165, 1.54) is 11.1 Å². The maximum absolute atomic E-state index is 4.88. The smallest absolute Gasteiger partial charge is 0.124 e. The minimum absolute atomic E-state index is 0.255. The lowest BCUT2D eigenvalue weighted by molar-refractivity contribution is 0.404. The molecule has 1 unspecified atom stereocenters. The molecule has 0 fully saturated rings. The summed E-state index contributed by atoms with van der Waals surface area (Å²) in [5.41, 5.74) is 3.52. The van der Waals surface area contributed by atoms with Gasteiger partial charge >= 0.3 is 0 Å². The Balaban J connectivity index is 1.74. The normalized spacial score (nSPS) is 12.2. The standard InChI is InChI=1S/C18H18N2O/c1-3-7-15(8-4-1)13-18(16-9-5-2-6-10-16)19-14-17-11-12-21-20-17/h1-12,18-19H,13-14H2. The second-order valence-corrected chi connectivity index (χ2v) is 5.02. The summed E-state index contributed by atoms with van der Waals surface area (Å²) in [4.78, 5) is 0. The largest absolute Gasteiger partial charge is 0.364 e. The van der Waals surface area contributed by atoms with Crippen molar-refractivity contribution in [3.63, 3.8) is 0 Å². The summed E-state index contributed by atoms with van der Waals surface area (Å²) in [5, 5.41) is 7.52. The molecule has 0 aliphatic rings. The van der Waals surface area contributed by atoms with Gasteiger partial charge in [0.25, 0.3) is 0 Å². The van der Waals surface area contributed by atoms with Crippen molar-refractivity contribution in [2.75, 3.05) is 0 Å². The molecular formula is C18H18N2O. The van der Waals surface area contributed by atoms with Gasteiger partial charge in [0, 0.05) is 18.7 Å². The van der Waals surface area contributed by atoms with Crippen LogP contribution < -0.4 is 5.32 Å². The minimum atomic E-state index is 0.255. The van der Waals surface area contributed by atoms with E-state index in [4.69, 9.17) is 4.52 Å². The van der Waals surface area contributed by atoms with E-state index in [1.54, 1.807) is 6.26 Å². The van der Waals surface area contributed by atoms with Crippen LogP contribution in [0.15, 0.2) is 77.5 Å². The van der Waals surface area contributed by atoms with Gasteiger partial charge in [0.1, 0.15) is 6.26 Å². The maximum atomic E-state index is 4.88. The molecule has 1 aromatic heterocycles. The van der Waals surface area contributed by atoms with Crippen molar-refractivity contribution < 1.29 is 4.52 Å². The molecule has 1 heterocycles. The van der Waals surface area contributed by atoms with Crippen LogP contribution in [0.1, 0.15) is 22.9 Å². The number of hydrogen-bond acceptors (Lipinski definition) is 3. The summed E-state index contributed by atoms with van der Waals surface area (Å²) < 4.78 is 4.88. The van der Waals surface area contributed by atoms with E-state index in [-0.39, 0.29) is 6.04 Å². The third-order valence-corrected chi connectivity index (χ3v) is 3.51. The van der Waals surface area contributed by atoms with Crippen molar-refractivity contribution in [2.45, 2.75) is 19.0 Å². The van der Waals surface area contributed by atoms with E-state index in [9.17, 15) is 0 Å². The van der Waals surface area contributed by atoms with Crippen molar-refractivity contribution in [3.8, 4) is 0 Å². The number of nitrogens with zero attached hydrogens (tertiary/aromatic N) is 1. The van der Waals surface area contributed by atoms with Gasteiger partial charge in [-0.05, 0) is 17.5 Å². The quantitative estimate of drug-likeness (QED) is 0.746. The highest BCUT2D eigenvalue weighted by atomic mass is 16.5. The summed E-state index contributed by atoms with van der Waals surface area (Å²) in [6.45, 7) is 0.697. The second kappa shape index (κ2) is 6.86. The lowest BCUT2D eigenvalue weighted by atomic mass is 9.99. The van der Waals surface area contributed by atoms with Gasteiger partial charge in [0.05, 0.1) is 5.69 Å². The van der Waals surface area contributed by atoms with Crippen molar-refractivity contribution in [1.29, 1.82) is 0 Å². The Hall–Kier alpha value is -2.39. The lowest BCUT2D eigenvalue weighted by Crippen LogP contribution is -2.23. The van der Waals surface area contributed by atoms with Gasteiger partial charge in [-0.15, -0.1) is 0 Å². The molecule has 1 atom stereocenters. The van der Waals surface area contributed by atoms with Crippen molar-refractivity contribution in [3.05, 3.63) is 89.8 Å². The molecule has 0 bridgehead atoms. The first-order valence-electron chi connectivity index (χ1n) is 7.13. The first-order valence-corrected chi connectivity index (χ1v) is 7.13. The summed E-state index contributed by atoms with van der Waals surface area (Å²) >= 11 is 0. The van der Waals surface area contributed by atoms with Crippen molar-refractivity contribution in [2.24, 2.45) is 0 Å². The summed E-state index contributed by atoms with van der Waals surface area (Å²) in [5.74, 6) is 0. The van der Waals surface area contributed by atoms with Crippen LogP contribution >= 0.6 is 0 Å². The molecule has 1 N–H and O–H groups in total. The Kier molecular flexibility index (Phi) is 4.44. The third-order valence-electron chi connectivity index (χ3n) is 3.51. The number of nitrogens with one attached hydrogen (secondary N) is 1. The average Bonchev–Trinajstić information content (AvgIpc) is 3.07. The van der Waals surface area contributed by atoms with E-state index in [0.717, 1.165) is 12.1 Å². The molecule has 21 heavy (non-hydrogen) atoms. The lowest BCUT2D eigenvalue weighted by Gasteiger charge is -2.19. The van der Waals surface area contributed by atoms with E-state index in [0.29, 0.717) is 6.54 Å². The van der Waals surface area contributed by atoms with Gasteiger partial charge in [-0.2, -0.15) is 0 Å². The predicted octanol–water partition coefficient (Wildman–Crippen LogP) is 3.75. The van der Waals surface area contributed by atoms with Gasteiger partial charge in [0.15, 0.2) is 0 Å².